The van der Waals surface area contributed by atoms with E-state index in [2.05, 4.69) is 0 Å². The summed E-state index contributed by atoms with van der Waals surface area (Å²) in [4.78, 5) is 24.3. The summed E-state index contributed by atoms with van der Waals surface area (Å²) in [7, 11) is -8.22. The number of anilines is 2. The minimum atomic E-state index is -4.81. The number of nitrogen functional groups attached to an aromatic ring is 2. The van der Waals surface area contributed by atoms with Crippen molar-refractivity contribution in [2.75, 3.05) is 25.1 Å². The van der Waals surface area contributed by atoms with Gasteiger partial charge in [0.2, 0.25) is 0 Å². The van der Waals surface area contributed by atoms with E-state index in [1.165, 1.54) is 24.1 Å². The number of carboxylic acids is 1. The van der Waals surface area contributed by atoms with E-state index in [0.717, 1.165) is 24.3 Å². The maximum Gasteiger partial charge on any atom is 0.305 e. The molecule has 0 bridgehead atoms. The fourth-order valence-electron chi connectivity index (χ4n) is 4.39. The molecular formula is C24H23N3O10S2. The second-order valence-corrected chi connectivity index (χ2v) is 11.6. The molecule has 39 heavy (non-hydrogen) atoms. The summed E-state index contributed by atoms with van der Waals surface area (Å²) in [5, 5.41) is 9.01. The Morgan fingerprint density at radius 1 is 0.872 bits per heavy atom. The first-order chi connectivity index (χ1) is 18.1. The first kappa shape index (κ1) is 27.8. The number of nitrogens with two attached hydrogens (primary N) is 2. The number of carbonyl (C=O) groups is 2. The summed E-state index contributed by atoms with van der Waals surface area (Å²) in [6.45, 7) is -0.115. The Kier molecular flexibility index (Phi) is 7.03. The average Bonchev–Trinajstić information content (AvgIpc) is 2.83. The van der Waals surface area contributed by atoms with Gasteiger partial charge in [0, 0.05) is 48.3 Å². The molecule has 0 aliphatic carbocycles. The number of aliphatic carboxylic acids is 1. The highest BCUT2D eigenvalue weighted by molar-refractivity contribution is 7.86. The molecule has 0 saturated carbocycles. The van der Waals surface area contributed by atoms with E-state index in [-0.39, 0.29) is 58.1 Å². The summed E-state index contributed by atoms with van der Waals surface area (Å²) in [5.74, 6) is -2.69. The highest BCUT2D eigenvalue weighted by Crippen LogP contribution is 2.51. The van der Waals surface area contributed by atoms with Crippen LogP contribution >= 0.6 is 0 Å². The van der Waals surface area contributed by atoms with Crippen LogP contribution in [0.5, 0.6) is 11.5 Å². The van der Waals surface area contributed by atoms with Gasteiger partial charge in [-0.3, -0.25) is 18.7 Å². The largest absolute Gasteiger partial charge is 0.481 e. The molecule has 4 rings (SSSR count). The Bertz CT molecular complexity index is 1650. The lowest BCUT2D eigenvalue weighted by Crippen LogP contribution is -2.30. The van der Waals surface area contributed by atoms with Crippen LogP contribution in [0.4, 0.5) is 11.4 Å². The first-order valence-corrected chi connectivity index (χ1v) is 14.0. The topological polar surface area (TPSA) is 228 Å². The third-order valence-corrected chi connectivity index (χ3v) is 8.01. The highest BCUT2D eigenvalue weighted by Gasteiger charge is 2.35. The second kappa shape index (κ2) is 9.85. The normalized spacial score (nSPS) is 13.2. The van der Waals surface area contributed by atoms with Crippen LogP contribution in [0.2, 0.25) is 0 Å². The molecule has 0 fully saturated rings. The minimum Gasteiger partial charge on any atom is -0.481 e. The molecule has 3 aromatic carbocycles. The summed E-state index contributed by atoms with van der Waals surface area (Å²) >= 11 is 0. The second-order valence-electron chi connectivity index (χ2n) is 8.80. The van der Waals surface area contributed by atoms with Gasteiger partial charge in [-0.2, -0.15) is 16.8 Å². The Labute approximate surface area is 223 Å². The van der Waals surface area contributed by atoms with Crippen molar-refractivity contribution >= 4 is 43.5 Å². The third kappa shape index (κ3) is 5.37. The van der Waals surface area contributed by atoms with Crippen LogP contribution in [0.15, 0.2) is 58.3 Å². The van der Waals surface area contributed by atoms with Gasteiger partial charge >= 0.3 is 5.97 Å². The number of hydrogen-bond donors (Lipinski definition) is 5. The van der Waals surface area contributed by atoms with Gasteiger partial charge in [-0.05, 0) is 23.8 Å². The van der Waals surface area contributed by atoms with E-state index < -0.39 is 47.8 Å². The van der Waals surface area contributed by atoms with E-state index in [0.29, 0.717) is 0 Å². The van der Waals surface area contributed by atoms with Crippen LogP contribution in [0.1, 0.15) is 39.4 Å². The predicted octanol–water partition coefficient (Wildman–Crippen LogP) is 2.18. The van der Waals surface area contributed by atoms with Crippen molar-refractivity contribution in [1.82, 2.24) is 4.90 Å². The monoisotopic (exact) mass is 577 g/mol. The summed E-state index contributed by atoms with van der Waals surface area (Å²) in [6.07, 6.45) is -0.318. The van der Waals surface area contributed by atoms with Gasteiger partial charge in [-0.1, -0.05) is 18.2 Å². The minimum absolute atomic E-state index is 0.0397. The van der Waals surface area contributed by atoms with Gasteiger partial charge in [0.25, 0.3) is 26.1 Å². The number of carboxylic acid groups (broad SMARTS) is 1. The summed E-state index contributed by atoms with van der Waals surface area (Å²) < 4.78 is 73.5. The van der Waals surface area contributed by atoms with E-state index in [1.807, 2.05) is 0 Å². The van der Waals surface area contributed by atoms with Crippen molar-refractivity contribution in [2.24, 2.45) is 0 Å². The molecule has 1 heterocycles. The zero-order chi connectivity index (χ0) is 28.9. The number of nitrogens with zero attached hydrogens (tertiary/aromatic N) is 1. The maximum absolute atomic E-state index is 13.4. The molecule has 0 saturated heterocycles. The number of amides is 1. The molecule has 13 nitrogen and oxygen atoms in total. The van der Waals surface area contributed by atoms with Crippen molar-refractivity contribution in [3.63, 3.8) is 0 Å². The fraction of sp³-hybridized carbons (Fsp3) is 0.167. The number of rotatable bonds is 7. The lowest BCUT2D eigenvalue weighted by atomic mass is 9.80. The zero-order valence-electron chi connectivity index (χ0n) is 20.2. The SMILES string of the molecule is CN(CCC(=O)O)C(=O)c1ccccc1C1c2cc(S(=O)(=O)O)c(N)cc2Oc2cc(N)c(S(=O)(=O)O)cc21. The fourth-order valence-corrected chi connectivity index (χ4v) is 5.66. The Morgan fingerprint density at radius 3 is 1.82 bits per heavy atom. The molecule has 15 heteroatoms. The lowest BCUT2D eigenvalue weighted by molar-refractivity contribution is -0.137. The molecule has 206 valence electrons. The van der Waals surface area contributed by atoms with E-state index in [9.17, 15) is 35.5 Å². The van der Waals surface area contributed by atoms with Crippen molar-refractivity contribution in [3.05, 3.63) is 70.8 Å². The standard InChI is InChI=1S/C24H23N3O10S2/c1-27(7-6-22(28)29)24(30)13-5-3-2-4-12(13)23-14-8-20(38(31,32)33)16(25)10-18(14)37-19-11-17(26)21(9-15(19)23)39(34,35)36/h2-5,8-11,23H,6-7,25-26H2,1H3,(H,28,29)(H,31,32,33)(H,34,35,36). The Morgan fingerprint density at radius 2 is 1.36 bits per heavy atom. The van der Waals surface area contributed by atoms with Crippen LogP contribution < -0.4 is 16.2 Å². The molecule has 1 aliphatic heterocycles. The molecule has 0 aromatic heterocycles. The molecule has 3 aromatic rings. The van der Waals surface area contributed by atoms with Crippen molar-refractivity contribution in [3.8, 4) is 11.5 Å². The van der Waals surface area contributed by atoms with Crippen molar-refractivity contribution < 1.29 is 45.4 Å². The summed E-state index contributed by atoms with van der Waals surface area (Å²) in [6, 6.07) is 10.6. The molecule has 1 amide bonds. The Balaban J connectivity index is 2.02. The first-order valence-electron chi connectivity index (χ1n) is 11.2. The van der Waals surface area contributed by atoms with Gasteiger partial charge < -0.3 is 26.2 Å². The molecule has 1 aliphatic rings. The Hall–Kier alpha value is -4.18. The molecule has 0 unspecified atom stereocenters. The molecule has 0 radical (unpaired) electrons. The summed E-state index contributed by atoms with van der Waals surface area (Å²) in [5.41, 5.74) is 11.6. The number of benzene rings is 3. The quantitative estimate of drug-likeness (QED) is 0.157. The van der Waals surface area contributed by atoms with Gasteiger partial charge in [0.05, 0.1) is 17.8 Å². The van der Waals surface area contributed by atoms with Crippen molar-refractivity contribution in [1.29, 1.82) is 0 Å². The highest BCUT2D eigenvalue weighted by atomic mass is 32.2. The van der Waals surface area contributed by atoms with Crippen LogP contribution in [-0.4, -0.2) is 61.4 Å². The average molecular weight is 578 g/mol. The third-order valence-electron chi connectivity index (χ3n) is 6.19. The van der Waals surface area contributed by atoms with Crippen LogP contribution in [-0.2, 0) is 25.0 Å². The van der Waals surface area contributed by atoms with Crippen LogP contribution in [0.3, 0.4) is 0 Å². The van der Waals surface area contributed by atoms with Gasteiger partial charge in [0.1, 0.15) is 21.3 Å². The zero-order valence-corrected chi connectivity index (χ0v) is 21.9. The smallest absolute Gasteiger partial charge is 0.305 e. The number of ether oxygens (including phenoxy) is 1. The molecule has 7 N–H and O–H groups in total. The van der Waals surface area contributed by atoms with Gasteiger partial charge in [0.15, 0.2) is 0 Å². The van der Waals surface area contributed by atoms with E-state index in [4.69, 9.17) is 21.3 Å². The van der Waals surface area contributed by atoms with Crippen molar-refractivity contribution in [2.45, 2.75) is 22.1 Å². The predicted molar refractivity (Wildman–Crippen MR) is 138 cm³/mol. The molecule has 0 spiro atoms. The lowest BCUT2D eigenvalue weighted by Gasteiger charge is -2.31. The number of carbonyl (C=O) groups excluding carboxylic acids is 1. The number of fused-ring (bicyclic) bond motifs is 2. The van der Waals surface area contributed by atoms with Crippen LogP contribution in [0, 0.1) is 0 Å². The van der Waals surface area contributed by atoms with Crippen LogP contribution in [0.25, 0.3) is 0 Å². The van der Waals surface area contributed by atoms with E-state index in [1.54, 1.807) is 12.1 Å². The van der Waals surface area contributed by atoms with Gasteiger partial charge in [-0.25, -0.2) is 0 Å². The van der Waals surface area contributed by atoms with Gasteiger partial charge in [-0.15, -0.1) is 0 Å². The molecular weight excluding hydrogens is 554 g/mol. The molecule has 0 atom stereocenters. The number of hydrogen-bond acceptors (Lipinski definition) is 9. The van der Waals surface area contributed by atoms with E-state index >= 15 is 0 Å². The maximum atomic E-state index is 13.4.